The van der Waals surface area contributed by atoms with Crippen molar-refractivity contribution in [3.05, 3.63) is 41.8 Å². The first kappa shape index (κ1) is 15.0. The number of rotatable bonds is 3. The van der Waals surface area contributed by atoms with Crippen LogP contribution in [0.1, 0.15) is 5.69 Å². The second-order valence-electron chi connectivity index (χ2n) is 4.46. The molecule has 8 heteroatoms. The van der Waals surface area contributed by atoms with Gasteiger partial charge in [-0.25, -0.2) is 9.37 Å². The topological polar surface area (TPSA) is 41.1 Å². The molecule has 0 amide bonds. The van der Waals surface area contributed by atoms with Crippen molar-refractivity contribution in [2.45, 2.75) is 6.18 Å². The molecule has 0 bridgehead atoms. The zero-order valence-corrected chi connectivity index (χ0v) is 11.2. The maximum absolute atomic E-state index is 12.8. The molecular formula is C13H12F4N4. The van der Waals surface area contributed by atoms with E-state index in [1.807, 2.05) is 0 Å². The number of hydrogen-bond acceptors (Lipinski definition) is 4. The second-order valence-corrected chi connectivity index (χ2v) is 4.46. The smallest absolute Gasteiger partial charge is 0.363 e. The van der Waals surface area contributed by atoms with Gasteiger partial charge in [-0.3, -0.25) is 0 Å². The molecule has 0 atom stereocenters. The Kier molecular flexibility index (Phi) is 3.97. The van der Waals surface area contributed by atoms with Crippen LogP contribution in [-0.4, -0.2) is 24.1 Å². The summed E-state index contributed by atoms with van der Waals surface area (Å²) in [7, 11) is 3.15. The molecule has 0 aliphatic rings. The average molecular weight is 300 g/mol. The van der Waals surface area contributed by atoms with Crippen molar-refractivity contribution in [1.29, 1.82) is 0 Å². The first-order chi connectivity index (χ1) is 9.75. The summed E-state index contributed by atoms with van der Waals surface area (Å²) in [6, 6.07) is 5.99. The Morgan fingerprint density at radius 3 is 2.19 bits per heavy atom. The van der Waals surface area contributed by atoms with E-state index in [4.69, 9.17) is 0 Å². The molecule has 0 saturated carbocycles. The van der Waals surface area contributed by atoms with Crippen LogP contribution in [0.3, 0.4) is 0 Å². The van der Waals surface area contributed by atoms with Crippen LogP contribution in [0, 0.1) is 5.82 Å². The summed E-state index contributed by atoms with van der Waals surface area (Å²) < 4.78 is 51.3. The van der Waals surface area contributed by atoms with Gasteiger partial charge in [-0.15, -0.1) is 0 Å². The Morgan fingerprint density at radius 2 is 1.67 bits per heavy atom. The Hall–Kier alpha value is -2.38. The number of nitrogens with one attached hydrogen (secondary N) is 1. The summed E-state index contributed by atoms with van der Waals surface area (Å²) in [6.45, 7) is 0. The minimum absolute atomic E-state index is 0.113. The predicted octanol–water partition coefficient (Wildman–Crippen LogP) is 3.44. The van der Waals surface area contributed by atoms with E-state index in [-0.39, 0.29) is 11.8 Å². The molecule has 0 radical (unpaired) electrons. The largest absolute Gasteiger partial charge is 0.433 e. The van der Waals surface area contributed by atoms with Gasteiger partial charge in [0.2, 0.25) is 5.95 Å². The van der Waals surface area contributed by atoms with Gasteiger partial charge in [0.05, 0.1) is 0 Å². The van der Waals surface area contributed by atoms with Gasteiger partial charge in [0.25, 0.3) is 0 Å². The van der Waals surface area contributed by atoms with E-state index in [9.17, 15) is 17.6 Å². The van der Waals surface area contributed by atoms with Crippen LogP contribution in [0.25, 0.3) is 0 Å². The molecular weight excluding hydrogens is 288 g/mol. The fourth-order valence-electron chi connectivity index (χ4n) is 1.53. The highest BCUT2D eigenvalue weighted by Crippen LogP contribution is 2.30. The number of nitrogens with zero attached hydrogens (tertiary/aromatic N) is 3. The number of benzene rings is 1. The minimum Gasteiger partial charge on any atom is -0.363 e. The minimum atomic E-state index is -4.58. The first-order valence-corrected chi connectivity index (χ1v) is 5.92. The highest BCUT2D eigenvalue weighted by Gasteiger charge is 2.34. The second kappa shape index (κ2) is 5.55. The van der Waals surface area contributed by atoms with Crippen LogP contribution in [0.15, 0.2) is 30.3 Å². The standard InChI is InChI=1S/C13H12F4N4/c1-21(2)11-7-10(13(15,16)17)19-12(20-11)18-9-5-3-8(14)4-6-9/h3-7H,1-2H3,(H,18,19,20). The lowest BCUT2D eigenvalue weighted by molar-refractivity contribution is -0.141. The third kappa shape index (κ3) is 3.80. The van der Waals surface area contributed by atoms with Gasteiger partial charge in [0.15, 0.2) is 5.69 Å². The third-order valence-corrected chi connectivity index (χ3v) is 2.56. The van der Waals surface area contributed by atoms with Crippen molar-refractivity contribution in [1.82, 2.24) is 9.97 Å². The molecule has 1 aromatic heterocycles. The number of hydrogen-bond donors (Lipinski definition) is 1. The molecule has 4 nitrogen and oxygen atoms in total. The molecule has 0 unspecified atom stereocenters. The normalized spacial score (nSPS) is 11.3. The van der Waals surface area contributed by atoms with Crippen LogP contribution in [0.5, 0.6) is 0 Å². The van der Waals surface area contributed by atoms with E-state index >= 15 is 0 Å². The van der Waals surface area contributed by atoms with Gasteiger partial charge in [-0.2, -0.15) is 18.2 Å². The van der Waals surface area contributed by atoms with E-state index in [0.717, 1.165) is 6.07 Å². The van der Waals surface area contributed by atoms with Crippen LogP contribution in [0.4, 0.5) is 35.0 Å². The molecule has 112 valence electrons. The Labute approximate surface area is 118 Å². The first-order valence-electron chi connectivity index (χ1n) is 5.92. The van der Waals surface area contributed by atoms with Crippen LogP contribution in [-0.2, 0) is 6.18 Å². The molecule has 1 aromatic carbocycles. The van der Waals surface area contributed by atoms with Crippen molar-refractivity contribution in [3.8, 4) is 0 Å². The molecule has 2 rings (SSSR count). The van der Waals surface area contributed by atoms with Gasteiger partial charge in [-0.05, 0) is 24.3 Å². The van der Waals surface area contributed by atoms with E-state index < -0.39 is 17.7 Å². The maximum atomic E-state index is 12.8. The summed E-state index contributed by atoms with van der Waals surface area (Å²) in [4.78, 5) is 8.85. The molecule has 1 heterocycles. The van der Waals surface area contributed by atoms with Gasteiger partial charge < -0.3 is 10.2 Å². The van der Waals surface area contributed by atoms with E-state index in [1.54, 1.807) is 14.1 Å². The van der Waals surface area contributed by atoms with Crippen LogP contribution >= 0.6 is 0 Å². The summed E-state index contributed by atoms with van der Waals surface area (Å²) >= 11 is 0. The lowest BCUT2D eigenvalue weighted by atomic mass is 10.3. The lowest BCUT2D eigenvalue weighted by Crippen LogP contribution is -2.16. The summed E-state index contributed by atoms with van der Waals surface area (Å²) in [5.74, 6) is -0.540. The van der Waals surface area contributed by atoms with Crippen molar-refractivity contribution < 1.29 is 17.6 Å². The number of aromatic nitrogens is 2. The Bertz CT molecular complexity index is 623. The van der Waals surface area contributed by atoms with Crippen LogP contribution in [0.2, 0.25) is 0 Å². The zero-order chi connectivity index (χ0) is 15.6. The highest BCUT2D eigenvalue weighted by atomic mass is 19.4. The Balaban J connectivity index is 2.38. The molecule has 21 heavy (non-hydrogen) atoms. The maximum Gasteiger partial charge on any atom is 0.433 e. The van der Waals surface area contributed by atoms with Crippen LogP contribution < -0.4 is 10.2 Å². The molecule has 0 spiro atoms. The molecule has 0 fully saturated rings. The van der Waals surface area contributed by atoms with Crippen molar-refractivity contribution in [2.75, 3.05) is 24.3 Å². The summed E-state index contributed by atoms with van der Waals surface area (Å²) in [5, 5.41) is 2.62. The quantitative estimate of drug-likeness (QED) is 0.882. The fourth-order valence-corrected chi connectivity index (χ4v) is 1.53. The van der Waals surface area contributed by atoms with E-state index in [0.29, 0.717) is 5.69 Å². The fraction of sp³-hybridized carbons (Fsp3) is 0.231. The molecule has 0 saturated heterocycles. The third-order valence-electron chi connectivity index (χ3n) is 2.56. The predicted molar refractivity (Wildman–Crippen MR) is 71.0 cm³/mol. The highest BCUT2D eigenvalue weighted by molar-refractivity contribution is 5.55. The average Bonchev–Trinajstić information content (AvgIpc) is 2.40. The van der Waals surface area contributed by atoms with Gasteiger partial charge in [0, 0.05) is 25.8 Å². The van der Waals surface area contributed by atoms with Gasteiger partial charge >= 0.3 is 6.18 Å². The Morgan fingerprint density at radius 1 is 1.05 bits per heavy atom. The number of halogens is 4. The van der Waals surface area contributed by atoms with Crippen molar-refractivity contribution in [2.24, 2.45) is 0 Å². The SMILES string of the molecule is CN(C)c1cc(C(F)(F)F)nc(Nc2ccc(F)cc2)n1. The van der Waals surface area contributed by atoms with Gasteiger partial charge in [0.1, 0.15) is 11.6 Å². The monoisotopic (exact) mass is 300 g/mol. The number of alkyl halides is 3. The van der Waals surface area contributed by atoms with Crippen molar-refractivity contribution in [3.63, 3.8) is 0 Å². The van der Waals surface area contributed by atoms with E-state index in [1.165, 1.54) is 29.2 Å². The molecule has 2 aromatic rings. The van der Waals surface area contributed by atoms with E-state index in [2.05, 4.69) is 15.3 Å². The lowest BCUT2D eigenvalue weighted by Gasteiger charge is -2.15. The summed E-state index contributed by atoms with van der Waals surface area (Å²) in [5.41, 5.74) is -0.661. The van der Waals surface area contributed by atoms with Crippen molar-refractivity contribution >= 4 is 17.5 Å². The molecule has 1 N–H and O–H groups in total. The zero-order valence-electron chi connectivity index (χ0n) is 11.2. The molecule has 0 aliphatic carbocycles. The number of anilines is 3. The summed E-state index contributed by atoms with van der Waals surface area (Å²) in [6.07, 6.45) is -4.58. The van der Waals surface area contributed by atoms with Gasteiger partial charge in [-0.1, -0.05) is 0 Å². The molecule has 0 aliphatic heterocycles.